The Morgan fingerprint density at radius 1 is 1.19 bits per heavy atom. The van der Waals surface area contributed by atoms with Crippen LogP contribution in [0.5, 0.6) is 0 Å². The average Bonchev–Trinajstić information content (AvgIpc) is 3.00. The van der Waals surface area contributed by atoms with Crippen LogP contribution in [-0.2, 0) is 4.74 Å². The SMILES string of the molecule is C[C@H]([C@@H]1CO1)[C@@H](c1ccccc1)[Si](C)(C)C. The first-order valence-electron chi connectivity index (χ1n) is 6.16. The minimum absolute atomic E-state index is 0.511. The maximum Gasteiger partial charge on any atom is 0.0838 e. The molecule has 88 valence electrons. The molecule has 1 heterocycles. The van der Waals surface area contributed by atoms with Crippen molar-refractivity contribution in [2.45, 2.75) is 38.2 Å². The van der Waals surface area contributed by atoms with E-state index in [-0.39, 0.29) is 0 Å². The van der Waals surface area contributed by atoms with Crippen molar-refractivity contribution in [2.24, 2.45) is 5.92 Å². The van der Waals surface area contributed by atoms with Crippen molar-refractivity contribution in [3.05, 3.63) is 35.9 Å². The molecular formula is C14H22OSi. The number of hydrogen-bond donors (Lipinski definition) is 0. The van der Waals surface area contributed by atoms with Crippen LogP contribution in [0, 0.1) is 5.92 Å². The van der Waals surface area contributed by atoms with Gasteiger partial charge in [-0.05, 0) is 17.0 Å². The van der Waals surface area contributed by atoms with Crippen molar-refractivity contribution >= 4 is 8.07 Å². The summed E-state index contributed by atoms with van der Waals surface area (Å²) in [6.07, 6.45) is 0.511. The molecule has 1 saturated heterocycles. The Balaban J connectivity index is 2.27. The molecule has 1 aromatic carbocycles. The zero-order valence-electron chi connectivity index (χ0n) is 10.7. The maximum absolute atomic E-state index is 5.49. The monoisotopic (exact) mass is 234 g/mol. The second kappa shape index (κ2) is 4.34. The number of hydrogen-bond acceptors (Lipinski definition) is 1. The van der Waals surface area contributed by atoms with Crippen molar-refractivity contribution in [1.82, 2.24) is 0 Å². The van der Waals surface area contributed by atoms with Gasteiger partial charge in [-0.15, -0.1) is 0 Å². The highest BCUT2D eigenvalue weighted by atomic mass is 28.3. The van der Waals surface area contributed by atoms with E-state index in [2.05, 4.69) is 56.9 Å². The van der Waals surface area contributed by atoms with Crippen LogP contribution in [0.4, 0.5) is 0 Å². The Labute approximate surface area is 99.8 Å². The van der Waals surface area contributed by atoms with Gasteiger partial charge in [0.2, 0.25) is 0 Å². The predicted molar refractivity (Wildman–Crippen MR) is 71.4 cm³/mol. The Morgan fingerprint density at radius 2 is 1.75 bits per heavy atom. The van der Waals surface area contributed by atoms with Gasteiger partial charge in [0, 0.05) is 0 Å². The molecule has 2 heteroatoms. The van der Waals surface area contributed by atoms with Crippen molar-refractivity contribution in [1.29, 1.82) is 0 Å². The molecule has 1 aromatic rings. The van der Waals surface area contributed by atoms with E-state index in [1.54, 1.807) is 0 Å². The summed E-state index contributed by atoms with van der Waals surface area (Å²) in [5, 5.41) is 0. The fraction of sp³-hybridized carbons (Fsp3) is 0.571. The Bertz CT molecular complexity index is 338. The second-order valence-electron chi connectivity index (χ2n) is 5.99. The third-order valence-corrected chi connectivity index (χ3v) is 6.29. The first kappa shape index (κ1) is 11.9. The van der Waals surface area contributed by atoms with E-state index >= 15 is 0 Å². The topological polar surface area (TPSA) is 12.5 Å². The number of ether oxygens (including phenoxy) is 1. The van der Waals surface area contributed by atoms with E-state index in [1.165, 1.54) is 5.56 Å². The average molecular weight is 234 g/mol. The van der Waals surface area contributed by atoms with Crippen LogP contribution >= 0.6 is 0 Å². The molecule has 0 spiro atoms. The van der Waals surface area contributed by atoms with E-state index in [1.807, 2.05) is 0 Å². The Morgan fingerprint density at radius 3 is 2.19 bits per heavy atom. The lowest BCUT2D eigenvalue weighted by Crippen LogP contribution is -2.37. The molecule has 1 aliphatic heterocycles. The van der Waals surface area contributed by atoms with Crippen LogP contribution in [0.15, 0.2) is 30.3 Å². The van der Waals surface area contributed by atoms with Crippen LogP contribution in [0.25, 0.3) is 0 Å². The molecule has 0 aromatic heterocycles. The maximum atomic E-state index is 5.49. The number of epoxide rings is 1. The fourth-order valence-corrected chi connectivity index (χ4v) is 5.81. The Kier molecular flexibility index (Phi) is 3.22. The predicted octanol–water partition coefficient (Wildman–Crippen LogP) is 3.68. The van der Waals surface area contributed by atoms with Crippen LogP contribution in [0.3, 0.4) is 0 Å². The van der Waals surface area contributed by atoms with Gasteiger partial charge in [-0.2, -0.15) is 0 Å². The van der Waals surface area contributed by atoms with Crippen LogP contribution in [-0.4, -0.2) is 20.8 Å². The molecule has 1 nitrogen and oxygen atoms in total. The van der Waals surface area contributed by atoms with Crippen molar-refractivity contribution in [3.63, 3.8) is 0 Å². The summed E-state index contributed by atoms with van der Waals surface area (Å²) in [5.41, 5.74) is 2.21. The van der Waals surface area contributed by atoms with E-state index in [4.69, 9.17) is 4.74 Å². The van der Waals surface area contributed by atoms with Crippen molar-refractivity contribution in [3.8, 4) is 0 Å². The first-order chi connectivity index (χ1) is 7.50. The van der Waals surface area contributed by atoms with Gasteiger partial charge in [-0.3, -0.25) is 0 Å². The summed E-state index contributed by atoms with van der Waals surface area (Å²) in [6, 6.07) is 11.0. The molecule has 1 fully saturated rings. The molecule has 0 amide bonds. The zero-order chi connectivity index (χ0) is 11.8. The molecule has 0 aliphatic carbocycles. The Hall–Kier alpha value is -0.603. The molecule has 0 N–H and O–H groups in total. The fourth-order valence-electron chi connectivity index (χ4n) is 2.83. The number of benzene rings is 1. The second-order valence-corrected chi connectivity index (χ2v) is 11.3. The van der Waals surface area contributed by atoms with Gasteiger partial charge in [0.25, 0.3) is 0 Å². The minimum Gasteiger partial charge on any atom is -0.373 e. The summed E-state index contributed by atoms with van der Waals surface area (Å²) < 4.78 is 5.49. The van der Waals surface area contributed by atoms with Gasteiger partial charge in [0.1, 0.15) is 0 Å². The summed E-state index contributed by atoms with van der Waals surface area (Å²) in [5.74, 6) is 0.661. The van der Waals surface area contributed by atoms with Gasteiger partial charge < -0.3 is 4.74 Å². The largest absolute Gasteiger partial charge is 0.373 e. The highest BCUT2D eigenvalue weighted by molar-refractivity contribution is 6.77. The summed E-state index contributed by atoms with van der Waals surface area (Å²) in [7, 11) is -1.19. The smallest absolute Gasteiger partial charge is 0.0838 e. The molecule has 0 unspecified atom stereocenters. The lowest BCUT2D eigenvalue weighted by Gasteiger charge is -2.34. The zero-order valence-corrected chi connectivity index (χ0v) is 11.7. The van der Waals surface area contributed by atoms with Gasteiger partial charge in [-0.1, -0.05) is 56.9 Å². The van der Waals surface area contributed by atoms with Gasteiger partial charge >= 0.3 is 0 Å². The molecule has 0 radical (unpaired) electrons. The third-order valence-electron chi connectivity index (χ3n) is 3.56. The quantitative estimate of drug-likeness (QED) is 0.572. The lowest BCUT2D eigenvalue weighted by molar-refractivity contribution is 0.333. The molecule has 2 rings (SSSR count). The van der Waals surface area contributed by atoms with Crippen molar-refractivity contribution in [2.75, 3.05) is 6.61 Å². The van der Waals surface area contributed by atoms with Gasteiger partial charge in [0.05, 0.1) is 20.8 Å². The highest BCUT2D eigenvalue weighted by Crippen LogP contribution is 2.39. The normalized spacial score (nSPS) is 23.9. The summed E-state index contributed by atoms with van der Waals surface area (Å²) in [4.78, 5) is 0. The molecule has 1 aliphatic rings. The lowest BCUT2D eigenvalue weighted by atomic mass is 9.97. The first-order valence-corrected chi connectivity index (χ1v) is 9.74. The van der Waals surface area contributed by atoms with Crippen molar-refractivity contribution < 1.29 is 4.74 Å². The van der Waals surface area contributed by atoms with E-state index in [0.717, 1.165) is 6.61 Å². The van der Waals surface area contributed by atoms with Gasteiger partial charge in [-0.25, -0.2) is 0 Å². The molecule has 16 heavy (non-hydrogen) atoms. The molecular weight excluding hydrogens is 212 g/mol. The van der Waals surface area contributed by atoms with Gasteiger partial charge in [0.15, 0.2) is 0 Å². The number of rotatable bonds is 4. The van der Waals surface area contributed by atoms with Crippen LogP contribution < -0.4 is 0 Å². The summed E-state index contributed by atoms with van der Waals surface area (Å²) >= 11 is 0. The molecule has 3 atom stereocenters. The third kappa shape index (κ3) is 2.55. The highest BCUT2D eigenvalue weighted by Gasteiger charge is 2.41. The van der Waals surface area contributed by atoms with Crippen LogP contribution in [0.1, 0.15) is 18.0 Å². The standard InChI is InChI=1S/C14H22OSi/c1-11(13-10-15-13)14(16(2,3)4)12-8-6-5-7-9-12/h5-9,11,13-14H,10H2,1-4H3/t11-,13+,14+/m1/s1. The van der Waals surface area contributed by atoms with E-state index < -0.39 is 8.07 Å². The minimum atomic E-state index is -1.19. The van der Waals surface area contributed by atoms with E-state index in [0.29, 0.717) is 17.6 Å². The molecule has 0 saturated carbocycles. The molecule has 0 bridgehead atoms. The van der Waals surface area contributed by atoms with Crippen LogP contribution in [0.2, 0.25) is 19.6 Å². The van der Waals surface area contributed by atoms with E-state index in [9.17, 15) is 0 Å². The summed E-state index contributed by atoms with van der Waals surface area (Å²) in [6.45, 7) is 10.7.